The van der Waals surface area contributed by atoms with Crippen LogP contribution in [0.15, 0.2) is 0 Å². The van der Waals surface area contributed by atoms with Gasteiger partial charge < -0.3 is 5.32 Å². The van der Waals surface area contributed by atoms with Crippen LogP contribution in [0.3, 0.4) is 0 Å². The van der Waals surface area contributed by atoms with Gasteiger partial charge in [-0.15, -0.1) is 0 Å². The Morgan fingerprint density at radius 1 is 1.27 bits per heavy atom. The van der Waals surface area contributed by atoms with Crippen LogP contribution in [0.1, 0.15) is 45.4 Å². The predicted molar refractivity (Wildman–Crippen MR) is 71.6 cm³/mol. The molecule has 1 atom stereocenters. The second-order valence-corrected chi connectivity index (χ2v) is 5.85. The van der Waals surface area contributed by atoms with E-state index in [0.717, 1.165) is 17.9 Å². The Balaban J connectivity index is 2.29. The molecule has 0 saturated heterocycles. The maximum Gasteiger partial charge on any atom is 0.0100 e. The predicted octanol–water partition coefficient (Wildman–Crippen LogP) is 3.54. The fourth-order valence-corrected chi connectivity index (χ4v) is 3.35. The molecule has 15 heavy (non-hydrogen) atoms. The van der Waals surface area contributed by atoms with Gasteiger partial charge >= 0.3 is 0 Å². The van der Waals surface area contributed by atoms with Crippen LogP contribution in [0.2, 0.25) is 0 Å². The summed E-state index contributed by atoms with van der Waals surface area (Å²) >= 11 is 1.97. The molecule has 0 aromatic carbocycles. The molecule has 1 nitrogen and oxygen atoms in total. The lowest BCUT2D eigenvalue weighted by molar-refractivity contribution is 0.220. The highest BCUT2D eigenvalue weighted by Crippen LogP contribution is 2.33. The summed E-state index contributed by atoms with van der Waals surface area (Å²) < 4.78 is 0. The second kappa shape index (κ2) is 7.56. The highest BCUT2D eigenvalue weighted by Gasteiger charge is 2.25. The van der Waals surface area contributed by atoms with Gasteiger partial charge in [-0.25, -0.2) is 0 Å². The molecule has 0 heterocycles. The van der Waals surface area contributed by atoms with E-state index in [1.807, 2.05) is 11.8 Å². The largest absolute Gasteiger partial charge is 0.317 e. The van der Waals surface area contributed by atoms with Crippen molar-refractivity contribution in [3.05, 3.63) is 0 Å². The van der Waals surface area contributed by atoms with E-state index in [4.69, 9.17) is 0 Å². The molecule has 1 rings (SSSR count). The molecular weight excluding hydrogens is 202 g/mol. The third-order valence-corrected chi connectivity index (χ3v) is 4.69. The molecule has 0 aromatic heterocycles. The van der Waals surface area contributed by atoms with Crippen molar-refractivity contribution in [2.45, 2.75) is 51.5 Å². The molecule has 90 valence electrons. The Morgan fingerprint density at radius 2 is 1.93 bits per heavy atom. The van der Waals surface area contributed by atoms with Crippen LogP contribution in [-0.4, -0.2) is 25.1 Å². The first-order chi connectivity index (χ1) is 7.31. The van der Waals surface area contributed by atoms with Gasteiger partial charge in [0, 0.05) is 6.04 Å². The summed E-state index contributed by atoms with van der Waals surface area (Å²) in [5, 5.41) is 3.53. The van der Waals surface area contributed by atoms with Gasteiger partial charge in [0.1, 0.15) is 0 Å². The van der Waals surface area contributed by atoms with E-state index in [1.54, 1.807) is 0 Å². The SMILES string of the molecule is CCC1CCC(C(CCSC)NC)CC1. The zero-order valence-electron chi connectivity index (χ0n) is 10.6. The lowest BCUT2D eigenvalue weighted by atomic mass is 9.77. The van der Waals surface area contributed by atoms with E-state index < -0.39 is 0 Å². The van der Waals surface area contributed by atoms with Crippen molar-refractivity contribution >= 4 is 11.8 Å². The molecule has 1 N–H and O–H groups in total. The van der Waals surface area contributed by atoms with Gasteiger partial charge in [0.25, 0.3) is 0 Å². The number of hydrogen-bond donors (Lipinski definition) is 1. The standard InChI is InChI=1S/C13H27NS/c1-4-11-5-7-12(8-6-11)13(14-2)9-10-15-3/h11-14H,4-10H2,1-3H3. The summed E-state index contributed by atoms with van der Waals surface area (Å²) in [4.78, 5) is 0. The summed E-state index contributed by atoms with van der Waals surface area (Å²) in [6, 6.07) is 0.773. The van der Waals surface area contributed by atoms with Crippen molar-refractivity contribution in [1.29, 1.82) is 0 Å². The summed E-state index contributed by atoms with van der Waals surface area (Å²) in [5.74, 6) is 3.28. The second-order valence-electron chi connectivity index (χ2n) is 4.87. The smallest absolute Gasteiger partial charge is 0.0100 e. The number of thioether (sulfide) groups is 1. The monoisotopic (exact) mass is 229 g/mol. The van der Waals surface area contributed by atoms with Crippen molar-refractivity contribution in [2.75, 3.05) is 19.1 Å². The van der Waals surface area contributed by atoms with E-state index in [9.17, 15) is 0 Å². The Labute approximate surface area is 99.8 Å². The first-order valence-corrected chi connectivity index (χ1v) is 7.87. The Bertz CT molecular complexity index is 153. The average Bonchev–Trinajstić information content (AvgIpc) is 2.31. The minimum atomic E-state index is 0.773. The lowest BCUT2D eigenvalue weighted by Crippen LogP contribution is -2.36. The molecule has 1 unspecified atom stereocenters. The summed E-state index contributed by atoms with van der Waals surface area (Å²) in [5.41, 5.74) is 0. The zero-order valence-corrected chi connectivity index (χ0v) is 11.4. The van der Waals surface area contributed by atoms with E-state index in [2.05, 4.69) is 25.5 Å². The molecule has 2 heteroatoms. The van der Waals surface area contributed by atoms with Crippen LogP contribution in [-0.2, 0) is 0 Å². The topological polar surface area (TPSA) is 12.0 Å². The van der Waals surface area contributed by atoms with Crippen molar-refractivity contribution in [3.8, 4) is 0 Å². The van der Waals surface area contributed by atoms with Crippen molar-refractivity contribution in [2.24, 2.45) is 11.8 Å². The number of rotatable bonds is 6. The van der Waals surface area contributed by atoms with Crippen LogP contribution in [0, 0.1) is 11.8 Å². The number of hydrogen-bond acceptors (Lipinski definition) is 2. The summed E-state index contributed by atoms with van der Waals surface area (Å²) in [6.07, 6.45) is 10.8. The van der Waals surface area contributed by atoms with E-state index in [0.29, 0.717) is 0 Å². The van der Waals surface area contributed by atoms with Gasteiger partial charge in [-0.3, -0.25) is 0 Å². The van der Waals surface area contributed by atoms with E-state index >= 15 is 0 Å². The Kier molecular flexibility index (Phi) is 6.74. The van der Waals surface area contributed by atoms with Gasteiger partial charge in [0.05, 0.1) is 0 Å². The maximum absolute atomic E-state index is 3.53. The van der Waals surface area contributed by atoms with Crippen molar-refractivity contribution in [1.82, 2.24) is 5.32 Å². The fourth-order valence-electron chi connectivity index (χ4n) is 2.86. The lowest BCUT2D eigenvalue weighted by Gasteiger charge is -2.33. The third kappa shape index (κ3) is 4.36. The van der Waals surface area contributed by atoms with E-state index in [1.165, 1.54) is 44.3 Å². The van der Waals surface area contributed by atoms with Gasteiger partial charge in [-0.05, 0) is 50.2 Å². The average molecular weight is 229 g/mol. The molecular formula is C13H27NS. The van der Waals surface area contributed by atoms with Crippen LogP contribution in [0.25, 0.3) is 0 Å². The maximum atomic E-state index is 3.53. The molecule has 1 aliphatic rings. The van der Waals surface area contributed by atoms with E-state index in [-0.39, 0.29) is 0 Å². The summed E-state index contributed by atoms with van der Waals surface area (Å²) in [6.45, 7) is 2.34. The molecule has 0 aliphatic heterocycles. The summed E-state index contributed by atoms with van der Waals surface area (Å²) in [7, 11) is 2.14. The Morgan fingerprint density at radius 3 is 2.40 bits per heavy atom. The molecule has 0 radical (unpaired) electrons. The molecule has 0 amide bonds. The van der Waals surface area contributed by atoms with Crippen LogP contribution < -0.4 is 5.32 Å². The number of nitrogens with one attached hydrogen (secondary N) is 1. The highest BCUT2D eigenvalue weighted by atomic mass is 32.2. The molecule has 1 aliphatic carbocycles. The molecule has 1 fully saturated rings. The fraction of sp³-hybridized carbons (Fsp3) is 1.00. The highest BCUT2D eigenvalue weighted by molar-refractivity contribution is 7.98. The minimum Gasteiger partial charge on any atom is -0.317 e. The Hall–Kier alpha value is 0.310. The molecule has 1 saturated carbocycles. The van der Waals surface area contributed by atoms with Crippen LogP contribution in [0.4, 0.5) is 0 Å². The minimum absolute atomic E-state index is 0.773. The van der Waals surface area contributed by atoms with Gasteiger partial charge in [-0.1, -0.05) is 26.2 Å². The zero-order chi connectivity index (χ0) is 11.1. The molecule has 0 aromatic rings. The molecule has 0 spiro atoms. The van der Waals surface area contributed by atoms with Crippen molar-refractivity contribution in [3.63, 3.8) is 0 Å². The van der Waals surface area contributed by atoms with Gasteiger partial charge in [0.2, 0.25) is 0 Å². The van der Waals surface area contributed by atoms with Gasteiger partial charge in [0.15, 0.2) is 0 Å². The van der Waals surface area contributed by atoms with Crippen LogP contribution in [0.5, 0.6) is 0 Å². The van der Waals surface area contributed by atoms with Crippen molar-refractivity contribution < 1.29 is 0 Å². The normalized spacial score (nSPS) is 29.0. The third-order valence-electron chi connectivity index (χ3n) is 4.04. The quantitative estimate of drug-likeness (QED) is 0.747. The molecule has 0 bridgehead atoms. The first kappa shape index (κ1) is 13.4. The van der Waals surface area contributed by atoms with Crippen LogP contribution >= 0.6 is 11.8 Å². The first-order valence-electron chi connectivity index (χ1n) is 6.48. The van der Waals surface area contributed by atoms with Gasteiger partial charge in [-0.2, -0.15) is 11.8 Å².